The number of rotatable bonds is 8. The summed E-state index contributed by atoms with van der Waals surface area (Å²) in [6.07, 6.45) is 0. The Balaban J connectivity index is 1.39. The fourth-order valence-corrected chi connectivity index (χ4v) is 6.94. The van der Waals surface area contributed by atoms with E-state index in [2.05, 4.69) is 10.6 Å². The van der Waals surface area contributed by atoms with Crippen molar-refractivity contribution in [3.8, 4) is 0 Å². The van der Waals surface area contributed by atoms with E-state index in [0.29, 0.717) is 0 Å². The number of hydrogen-bond acceptors (Lipinski definition) is 11. The van der Waals surface area contributed by atoms with E-state index in [1.54, 1.807) is 0 Å². The second-order valence-corrected chi connectivity index (χ2v) is 10.7. The minimum atomic E-state index is -1.38. The van der Waals surface area contributed by atoms with E-state index in [0.717, 1.165) is 9.80 Å². The van der Waals surface area contributed by atoms with E-state index in [1.807, 2.05) is 0 Å². The molecule has 4 rings (SSSR count). The highest BCUT2D eigenvalue weighted by Crippen LogP contribution is 2.42. The Hall–Kier alpha value is -3.73. The summed E-state index contributed by atoms with van der Waals surface area (Å²) in [4.78, 5) is 85.9. The monoisotopic (exact) mass is 570 g/mol. The molecule has 0 bridgehead atoms. The molecule has 0 aromatic rings. The lowest BCUT2D eigenvalue weighted by Gasteiger charge is -2.51. The lowest BCUT2D eigenvalue weighted by atomic mass is 10.0. The summed E-state index contributed by atoms with van der Waals surface area (Å²) in [5.41, 5.74) is -0.121. The molecule has 4 atom stereocenters. The molecule has 2 fully saturated rings. The SMILES string of the molecule is CC(=O)OCC1=C(C(=O)O)N2C(=O)[C@@H](NC(=O)N[C@@H]3C(=O)N4C(C(=O)O)=C(COC(C)=O)CS[C@H]34)[C@H]2SC1. The van der Waals surface area contributed by atoms with Crippen LogP contribution in [0, 0.1) is 0 Å². The molecule has 0 spiro atoms. The molecule has 17 heteroatoms. The summed E-state index contributed by atoms with van der Waals surface area (Å²) < 4.78 is 9.75. The number of fused-ring (bicyclic) bond motifs is 2. The Morgan fingerprint density at radius 3 is 1.47 bits per heavy atom. The molecule has 15 nitrogen and oxygen atoms in total. The number of amides is 4. The zero-order chi connectivity index (χ0) is 27.9. The first-order valence-electron chi connectivity index (χ1n) is 11.1. The van der Waals surface area contributed by atoms with Gasteiger partial charge in [-0.25, -0.2) is 14.4 Å². The molecule has 0 unspecified atom stereocenters. The molecule has 38 heavy (non-hydrogen) atoms. The molecule has 0 aromatic heterocycles. The Kier molecular flexibility index (Phi) is 7.59. The summed E-state index contributed by atoms with van der Waals surface area (Å²) in [5, 5.41) is 22.7. The molecule has 4 heterocycles. The van der Waals surface area contributed by atoms with Crippen molar-refractivity contribution in [1.29, 1.82) is 0 Å². The molecule has 4 amide bonds. The number of ether oxygens (including phenoxy) is 2. The summed E-state index contributed by atoms with van der Waals surface area (Å²) in [6, 6.07) is -3.00. The van der Waals surface area contributed by atoms with Gasteiger partial charge in [-0.1, -0.05) is 0 Å². The molecule has 0 aromatic carbocycles. The van der Waals surface area contributed by atoms with Crippen LogP contribution in [0.25, 0.3) is 0 Å². The molecule has 4 N–H and O–H groups in total. The number of carbonyl (C=O) groups excluding carboxylic acids is 5. The van der Waals surface area contributed by atoms with E-state index in [9.17, 15) is 43.8 Å². The lowest BCUT2D eigenvalue weighted by Crippen LogP contribution is -2.74. The van der Waals surface area contributed by atoms with E-state index in [1.165, 1.54) is 37.4 Å². The molecule has 0 saturated carbocycles. The normalized spacial score (nSPS) is 25.9. The summed E-state index contributed by atoms with van der Waals surface area (Å²) in [5.74, 6) is -5.03. The number of hydrogen-bond donors (Lipinski definition) is 4. The third-order valence-electron chi connectivity index (χ3n) is 5.97. The second kappa shape index (κ2) is 10.6. The largest absolute Gasteiger partial charge is 0.477 e. The predicted octanol–water partition coefficient (Wildman–Crippen LogP) is -1.34. The van der Waals surface area contributed by atoms with Crippen LogP contribution in [0.3, 0.4) is 0 Å². The third kappa shape index (κ3) is 4.90. The molecule has 2 saturated heterocycles. The average Bonchev–Trinajstić information content (AvgIpc) is 2.86. The van der Waals surface area contributed by atoms with Gasteiger partial charge < -0.3 is 30.3 Å². The average molecular weight is 571 g/mol. The van der Waals surface area contributed by atoms with Crippen LogP contribution in [-0.2, 0) is 38.2 Å². The smallest absolute Gasteiger partial charge is 0.352 e. The molecular formula is C21H22N4O11S2. The van der Waals surface area contributed by atoms with Crippen LogP contribution < -0.4 is 10.6 Å². The van der Waals surface area contributed by atoms with Gasteiger partial charge in [-0.3, -0.25) is 29.0 Å². The Morgan fingerprint density at radius 2 is 1.16 bits per heavy atom. The van der Waals surface area contributed by atoms with Gasteiger partial charge in [0, 0.05) is 36.5 Å². The van der Waals surface area contributed by atoms with Gasteiger partial charge >= 0.3 is 29.9 Å². The van der Waals surface area contributed by atoms with Gasteiger partial charge in [0.05, 0.1) is 0 Å². The first-order chi connectivity index (χ1) is 17.9. The van der Waals surface area contributed by atoms with Gasteiger partial charge in [0.1, 0.15) is 47.4 Å². The number of nitrogens with one attached hydrogen (secondary N) is 2. The molecule has 0 aliphatic carbocycles. The summed E-state index contributed by atoms with van der Waals surface area (Å²) in [7, 11) is 0. The summed E-state index contributed by atoms with van der Waals surface area (Å²) >= 11 is 2.36. The van der Waals surface area contributed by atoms with Crippen LogP contribution in [0.5, 0.6) is 0 Å². The maximum atomic E-state index is 12.7. The van der Waals surface area contributed by atoms with Crippen LogP contribution in [0.2, 0.25) is 0 Å². The minimum Gasteiger partial charge on any atom is -0.477 e. The van der Waals surface area contributed by atoms with Crippen molar-refractivity contribution in [1.82, 2.24) is 20.4 Å². The van der Waals surface area contributed by atoms with Gasteiger partial charge in [-0.15, -0.1) is 23.5 Å². The first kappa shape index (κ1) is 27.3. The van der Waals surface area contributed by atoms with E-state index < -0.39 is 64.6 Å². The topological polar surface area (TPSA) is 209 Å². The Labute approximate surface area is 222 Å². The highest BCUT2D eigenvalue weighted by molar-refractivity contribution is 8.00. The maximum Gasteiger partial charge on any atom is 0.352 e. The van der Waals surface area contributed by atoms with Gasteiger partial charge in [0.2, 0.25) is 0 Å². The number of carboxylic acids is 2. The number of carboxylic acid groups (broad SMARTS) is 2. The van der Waals surface area contributed by atoms with Crippen LogP contribution >= 0.6 is 23.5 Å². The van der Waals surface area contributed by atoms with Gasteiger partial charge in [0.15, 0.2) is 0 Å². The van der Waals surface area contributed by atoms with Crippen molar-refractivity contribution in [3.63, 3.8) is 0 Å². The van der Waals surface area contributed by atoms with Crippen LogP contribution in [0.1, 0.15) is 13.8 Å². The number of carbonyl (C=O) groups is 7. The fourth-order valence-electron chi connectivity index (χ4n) is 4.29. The number of esters is 2. The highest BCUT2D eigenvalue weighted by Gasteiger charge is 2.56. The van der Waals surface area contributed by atoms with E-state index in [4.69, 9.17) is 9.47 Å². The number of nitrogens with zero attached hydrogens (tertiary/aromatic N) is 2. The second-order valence-electron chi connectivity index (χ2n) is 8.47. The molecule has 0 radical (unpaired) electrons. The number of thioether (sulfide) groups is 2. The molecule has 204 valence electrons. The zero-order valence-electron chi connectivity index (χ0n) is 19.9. The zero-order valence-corrected chi connectivity index (χ0v) is 21.6. The van der Waals surface area contributed by atoms with Crippen LogP contribution in [-0.4, -0.2) is 109 Å². The predicted molar refractivity (Wildman–Crippen MR) is 128 cm³/mol. The minimum absolute atomic E-state index is 0.151. The van der Waals surface area contributed by atoms with Crippen LogP contribution in [0.4, 0.5) is 4.79 Å². The van der Waals surface area contributed by atoms with Gasteiger partial charge in [-0.05, 0) is 0 Å². The van der Waals surface area contributed by atoms with Crippen molar-refractivity contribution < 1.29 is 53.2 Å². The molecule has 4 aliphatic rings. The first-order valence-corrected chi connectivity index (χ1v) is 13.2. The van der Waals surface area contributed by atoms with Gasteiger partial charge in [-0.2, -0.15) is 0 Å². The summed E-state index contributed by atoms with van der Waals surface area (Å²) in [6.45, 7) is 1.78. The van der Waals surface area contributed by atoms with Crippen molar-refractivity contribution >= 4 is 65.2 Å². The highest BCUT2D eigenvalue weighted by atomic mass is 32.2. The van der Waals surface area contributed by atoms with Crippen molar-refractivity contribution in [2.45, 2.75) is 36.7 Å². The lowest BCUT2D eigenvalue weighted by molar-refractivity contribution is -0.149. The number of aliphatic carboxylic acids is 2. The standard InChI is InChI=1S/C21H22N4O11S2/c1-7(26)35-3-9-5-37-17-11(15(28)24(17)13(9)19(30)31)22-21(34)23-12-16(29)25-14(20(32)33)10(4-36-8(2)27)6-38-18(12)25/h11-12,17-18H,3-6H2,1-2H3,(H,30,31)(H,32,33)(H2,22,23,34)/t11-,12-,17-,18-/m1/s1. The van der Waals surface area contributed by atoms with Crippen molar-refractivity contribution in [2.24, 2.45) is 0 Å². The van der Waals surface area contributed by atoms with E-state index in [-0.39, 0.29) is 47.3 Å². The molecular weight excluding hydrogens is 548 g/mol. The Morgan fingerprint density at radius 1 is 0.789 bits per heavy atom. The van der Waals surface area contributed by atoms with Crippen molar-refractivity contribution in [3.05, 3.63) is 22.5 Å². The number of β-lactam (4-membered cyclic amide) rings is 2. The third-order valence-corrected chi connectivity index (χ3v) is 8.65. The van der Waals surface area contributed by atoms with Crippen molar-refractivity contribution in [2.75, 3.05) is 24.7 Å². The van der Waals surface area contributed by atoms with Crippen LogP contribution in [0.15, 0.2) is 22.5 Å². The quantitative estimate of drug-likeness (QED) is 0.197. The Bertz CT molecular complexity index is 1130. The number of urea groups is 1. The molecule has 4 aliphatic heterocycles. The van der Waals surface area contributed by atoms with Gasteiger partial charge in [0.25, 0.3) is 11.8 Å². The maximum absolute atomic E-state index is 12.7. The fraction of sp³-hybridized carbons (Fsp3) is 0.476. The van der Waals surface area contributed by atoms with E-state index >= 15 is 0 Å².